The van der Waals surface area contributed by atoms with E-state index in [2.05, 4.69) is 18.9 Å². The van der Waals surface area contributed by atoms with Crippen molar-refractivity contribution in [3.05, 3.63) is 0 Å². The highest BCUT2D eigenvalue weighted by atomic mass is 16.5. The molecule has 2 N–H and O–H groups in total. The Labute approximate surface area is 109 Å². The Morgan fingerprint density at radius 2 is 2.00 bits per heavy atom. The van der Waals surface area contributed by atoms with Gasteiger partial charge in [0, 0.05) is 32.3 Å². The Morgan fingerprint density at radius 1 is 1.33 bits per heavy atom. The number of carbonyl (C=O) groups is 1. The van der Waals surface area contributed by atoms with Crippen molar-refractivity contribution >= 4 is 5.91 Å². The highest BCUT2D eigenvalue weighted by Gasteiger charge is 2.40. The molecule has 0 aromatic carbocycles. The SMILES string of the molecule is CC1CN(C)CCCN1C(=O)C1(N)CCOCC1. The lowest BCUT2D eigenvalue weighted by Gasteiger charge is -2.39. The molecule has 104 valence electrons. The summed E-state index contributed by atoms with van der Waals surface area (Å²) in [7, 11) is 2.11. The maximum atomic E-state index is 12.7. The van der Waals surface area contributed by atoms with Crippen LogP contribution in [-0.2, 0) is 9.53 Å². The van der Waals surface area contributed by atoms with Crippen LogP contribution in [-0.4, -0.2) is 67.2 Å². The third-order valence-corrected chi connectivity index (χ3v) is 4.12. The molecule has 2 fully saturated rings. The number of rotatable bonds is 1. The smallest absolute Gasteiger partial charge is 0.243 e. The van der Waals surface area contributed by atoms with Crippen molar-refractivity contribution in [1.29, 1.82) is 0 Å². The van der Waals surface area contributed by atoms with E-state index in [9.17, 15) is 4.79 Å². The Morgan fingerprint density at radius 3 is 2.67 bits per heavy atom. The molecule has 0 saturated carbocycles. The summed E-state index contributed by atoms with van der Waals surface area (Å²) in [4.78, 5) is 16.9. The van der Waals surface area contributed by atoms with E-state index in [-0.39, 0.29) is 11.9 Å². The van der Waals surface area contributed by atoms with Gasteiger partial charge in [0.15, 0.2) is 0 Å². The predicted molar refractivity (Wildman–Crippen MR) is 70.3 cm³/mol. The Balaban J connectivity index is 2.06. The van der Waals surface area contributed by atoms with E-state index in [0.717, 1.165) is 26.1 Å². The number of hydrogen-bond acceptors (Lipinski definition) is 4. The van der Waals surface area contributed by atoms with E-state index < -0.39 is 5.54 Å². The fraction of sp³-hybridized carbons (Fsp3) is 0.923. The molecule has 0 bridgehead atoms. The lowest BCUT2D eigenvalue weighted by molar-refractivity contribution is -0.142. The van der Waals surface area contributed by atoms with Crippen LogP contribution in [0.4, 0.5) is 0 Å². The number of nitrogens with two attached hydrogens (primary N) is 1. The fourth-order valence-corrected chi connectivity index (χ4v) is 2.91. The zero-order chi connectivity index (χ0) is 13.2. The lowest BCUT2D eigenvalue weighted by Crippen LogP contribution is -2.60. The summed E-state index contributed by atoms with van der Waals surface area (Å²) in [6.45, 7) is 6.12. The first kappa shape index (κ1) is 13.8. The zero-order valence-corrected chi connectivity index (χ0v) is 11.5. The third-order valence-electron chi connectivity index (χ3n) is 4.12. The van der Waals surface area contributed by atoms with Crippen molar-refractivity contribution in [2.24, 2.45) is 5.73 Å². The number of amides is 1. The molecule has 0 radical (unpaired) electrons. The second kappa shape index (κ2) is 5.55. The average molecular weight is 255 g/mol. The van der Waals surface area contributed by atoms with Gasteiger partial charge in [-0.15, -0.1) is 0 Å². The molecular formula is C13H25N3O2. The van der Waals surface area contributed by atoms with Gasteiger partial charge in [-0.3, -0.25) is 4.79 Å². The lowest BCUT2D eigenvalue weighted by atomic mass is 9.89. The van der Waals surface area contributed by atoms with Gasteiger partial charge in [0.05, 0.1) is 5.54 Å². The monoisotopic (exact) mass is 255 g/mol. The van der Waals surface area contributed by atoms with Crippen LogP contribution in [0.25, 0.3) is 0 Å². The van der Waals surface area contributed by atoms with Crippen LogP contribution >= 0.6 is 0 Å². The summed E-state index contributed by atoms with van der Waals surface area (Å²) in [5.41, 5.74) is 5.60. The van der Waals surface area contributed by atoms with Gasteiger partial charge < -0.3 is 20.3 Å². The Hall–Kier alpha value is -0.650. The van der Waals surface area contributed by atoms with Crippen LogP contribution in [0.1, 0.15) is 26.2 Å². The van der Waals surface area contributed by atoms with E-state index in [4.69, 9.17) is 10.5 Å². The first-order chi connectivity index (χ1) is 8.53. The number of carbonyl (C=O) groups excluding carboxylic acids is 1. The molecule has 0 aliphatic carbocycles. The second-order valence-corrected chi connectivity index (χ2v) is 5.73. The zero-order valence-electron chi connectivity index (χ0n) is 11.5. The third kappa shape index (κ3) is 2.84. The molecule has 5 nitrogen and oxygen atoms in total. The topological polar surface area (TPSA) is 58.8 Å². The first-order valence-electron chi connectivity index (χ1n) is 6.89. The standard InChI is InChI=1S/C13H25N3O2/c1-11-10-15(2)6-3-7-16(11)12(17)13(14)4-8-18-9-5-13/h11H,3-10,14H2,1-2H3. The molecule has 18 heavy (non-hydrogen) atoms. The fourth-order valence-electron chi connectivity index (χ4n) is 2.91. The summed E-state index contributed by atoms with van der Waals surface area (Å²) in [5.74, 6) is 0.119. The van der Waals surface area contributed by atoms with Gasteiger partial charge in [0.25, 0.3) is 0 Å². The molecule has 0 spiro atoms. The van der Waals surface area contributed by atoms with Crippen LogP contribution in [0.3, 0.4) is 0 Å². The molecular weight excluding hydrogens is 230 g/mol. The minimum Gasteiger partial charge on any atom is -0.381 e. The highest BCUT2D eigenvalue weighted by molar-refractivity contribution is 5.86. The molecule has 1 unspecified atom stereocenters. The van der Waals surface area contributed by atoms with E-state index >= 15 is 0 Å². The highest BCUT2D eigenvalue weighted by Crippen LogP contribution is 2.23. The molecule has 2 rings (SSSR count). The van der Waals surface area contributed by atoms with Crippen molar-refractivity contribution in [3.63, 3.8) is 0 Å². The van der Waals surface area contributed by atoms with E-state index in [1.54, 1.807) is 0 Å². The van der Waals surface area contributed by atoms with Crippen molar-refractivity contribution in [2.45, 2.75) is 37.8 Å². The molecule has 1 amide bonds. The van der Waals surface area contributed by atoms with Gasteiger partial charge in [-0.1, -0.05) is 0 Å². The molecule has 1 atom stereocenters. The minimum absolute atomic E-state index is 0.119. The second-order valence-electron chi connectivity index (χ2n) is 5.73. The quantitative estimate of drug-likeness (QED) is 0.719. The van der Waals surface area contributed by atoms with Crippen LogP contribution in [0.5, 0.6) is 0 Å². The van der Waals surface area contributed by atoms with E-state index in [0.29, 0.717) is 26.1 Å². The van der Waals surface area contributed by atoms with Gasteiger partial charge in [0.1, 0.15) is 0 Å². The van der Waals surface area contributed by atoms with Gasteiger partial charge in [-0.25, -0.2) is 0 Å². The normalized spacial score (nSPS) is 29.9. The summed E-state index contributed by atoms with van der Waals surface area (Å²) in [6, 6.07) is 0.244. The summed E-state index contributed by atoms with van der Waals surface area (Å²) < 4.78 is 5.31. The molecule has 0 aromatic heterocycles. The predicted octanol–water partition coefficient (Wildman–Crippen LogP) is 0.0469. The van der Waals surface area contributed by atoms with Crippen molar-refractivity contribution in [2.75, 3.05) is 39.9 Å². The van der Waals surface area contributed by atoms with Crippen LogP contribution in [0.15, 0.2) is 0 Å². The van der Waals surface area contributed by atoms with Gasteiger partial charge in [-0.05, 0) is 39.8 Å². The maximum Gasteiger partial charge on any atom is 0.243 e. The van der Waals surface area contributed by atoms with Gasteiger partial charge in [-0.2, -0.15) is 0 Å². The molecule has 5 heteroatoms. The van der Waals surface area contributed by atoms with Crippen molar-refractivity contribution in [3.8, 4) is 0 Å². The van der Waals surface area contributed by atoms with Crippen molar-refractivity contribution < 1.29 is 9.53 Å². The minimum atomic E-state index is -0.699. The van der Waals surface area contributed by atoms with E-state index in [1.165, 1.54) is 0 Å². The van der Waals surface area contributed by atoms with Crippen LogP contribution < -0.4 is 5.73 Å². The first-order valence-corrected chi connectivity index (χ1v) is 6.89. The molecule has 2 aliphatic heterocycles. The number of hydrogen-bond donors (Lipinski definition) is 1. The number of ether oxygens (including phenoxy) is 1. The molecule has 0 aromatic rings. The summed E-state index contributed by atoms with van der Waals surface area (Å²) in [6.07, 6.45) is 2.31. The van der Waals surface area contributed by atoms with Gasteiger partial charge in [0.2, 0.25) is 5.91 Å². The number of likely N-dealkylation sites (N-methyl/N-ethyl adjacent to an activating group) is 1. The van der Waals surface area contributed by atoms with Crippen molar-refractivity contribution in [1.82, 2.24) is 9.80 Å². The molecule has 2 heterocycles. The van der Waals surface area contributed by atoms with Crippen LogP contribution in [0.2, 0.25) is 0 Å². The summed E-state index contributed by atoms with van der Waals surface area (Å²) >= 11 is 0. The maximum absolute atomic E-state index is 12.7. The molecule has 2 saturated heterocycles. The Kier molecular flexibility index (Phi) is 4.25. The Bertz CT molecular complexity index is 303. The largest absolute Gasteiger partial charge is 0.381 e. The number of nitrogens with zero attached hydrogens (tertiary/aromatic N) is 2. The summed E-state index contributed by atoms with van der Waals surface area (Å²) in [5, 5.41) is 0. The van der Waals surface area contributed by atoms with Gasteiger partial charge >= 0.3 is 0 Å². The van der Waals surface area contributed by atoms with E-state index in [1.807, 2.05) is 4.90 Å². The molecule has 2 aliphatic rings. The van der Waals surface area contributed by atoms with Crippen LogP contribution in [0, 0.1) is 0 Å². The average Bonchev–Trinajstić information content (AvgIpc) is 2.50.